The molecule has 1 aliphatic heterocycles. The summed E-state index contributed by atoms with van der Waals surface area (Å²) in [6.45, 7) is 0.554. The Morgan fingerprint density at radius 1 is 1.08 bits per heavy atom. The largest absolute Gasteiger partial charge is 0.465 e. The van der Waals surface area contributed by atoms with Gasteiger partial charge in [-0.05, 0) is 49.1 Å². The van der Waals surface area contributed by atoms with E-state index >= 15 is 0 Å². The van der Waals surface area contributed by atoms with Gasteiger partial charge in [0, 0.05) is 41.1 Å². The van der Waals surface area contributed by atoms with Crippen LogP contribution in [-0.2, 0) is 14.8 Å². The zero-order valence-electron chi connectivity index (χ0n) is 20.3. The normalized spacial score (nSPS) is 20.5. The summed E-state index contributed by atoms with van der Waals surface area (Å²) >= 11 is 8.12. The van der Waals surface area contributed by atoms with Crippen molar-refractivity contribution in [1.29, 1.82) is 0 Å². The molecule has 2 aromatic carbocycles. The van der Waals surface area contributed by atoms with Crippen LogP contribution in [0.4, 0.5) is 11.4 Å². The van der Waals surface area contributed by atoms with E-state index in [4.69, 9.17) is 16.3 Å². The van der Waals surface area contributed by atoms with Gasteiger partial charge in [0.15, 0.2) is 0 Å². The van der Waals surface area contributed by atoms with Gasteiger partial charge >= 0.3 is 5.97 Å². The van der Waals surface area contributed by atoms with Crippen molar-refractivity contribution in [1.82, 2.24) is 4.31 Å². The molecule has 6 nitrogen and oxygen atoms in total. The number of sulfonamides is 1. The molecule has 0 bridgehead atoms. The minimum absolute atomic E-state index is 0.155. The lowest BCUT2D eigenvalue weighted by atomic mass is 9.83. The molecule has 1 saturated carbocycles. The summed E-state index contributed by atoms with van der Waals surface area (Å²) in [7, 11) is -0.770. The van der Waals surface area contributed by atoms with Crippen LogP contribution in [0.3, 0.4) is 0 Å². The fourth-order valence-corrected chi connectivity index (χ4v) is 8.23. The molecule has 2 aliphatic rings. The van der Waals surface area contributed by atoms with Crippen molar-refractivity contribution in [2.24, 2.45) is 5.92 Å². The highest BCUT2D eigenvalue weighted by Crippen LogP contribution is 2.45. The Balaban J connectivity index is 1.67. The van der Waals surface area contributed by atoms with Crippen molar-refractivity contribution in [2.45, 2.75) is 43.0 Å². The van der Waals surface area contributed by atoms with Crippen molar-refractivity contribution in [3.63, 3.8) is 0 Å². The van der Waals surface area contributed by atoms with E-state index in [1.54, 1.807) is 34.9 Å². The number of carbonyl (C=O) groups excluding carboxylic acids is 1. The van der Waals surface area contributed by atoms with Crippen molar-refractivity contribution in [3.8, 4) is 10.4 Å². The number of halogens is 1. The second-order valence-electron chi connectivity index (χ2n) is 9.42. The SMILES string of the molecule is COC(=O)c1csc(-c2cc3c(cc2Cl)N(c2ccccc2)C[C@@H](C2CCCCC2)N(C)S3(=O)=O)c1. The van der Waals surface area contributed by atoms with Crippen LogP contribution in [0.5, 0.6) is 0 Å². The molecule has 1 aliphatic carbocycles. The van der Waals surface area contributed by atoms with Gasteiger partial charge in [0.2, 0.25) is 10.0 Å². The van der Waals surface area contributed by atoms with E-state index in [1.165, 1.54) is 24.9 Å². The Labute approximate surface area is 221 Å². The predicted molar refractivity (Wildman–Crippen MR) is 145 cm³/mol. The van der Waals surface area contributed by atoms with Gasteiger partial charge in [-0.2, -0.15) is 4.31 Å². The summed E-state index contributed by atoms with van der Waals surface area (Å²) in [6.07, 6.45) is 5.52. The topological polar surface area (TPSA) is 66.9 Å². The number of hydrogen-bond acceptors (Lipinski definition) is 6. The fourth-order valence-electron chi connectivity index (χ4n) is 5.40. The summed E-state index contributed by atoms with van der Waals surface area (Å²) < 4.78 is 34.6. The van der Waals surface area contributed by atoms with Gasteiger partial charge in [-0.3, -0.25) is 0 Å². The molecule has 9 heteroatoms. The van der Waals surface area contributed by atoms with E-state index < -0.39 is 16.0 Å². The van der Waals surface area contributed by atoms with Crippen LogP contribution in [0.15, 0.2) is 58.8 Å². The smallest absolute Gasteiger partial charge is 0.338 e. The molecule has 0 spiro atoms. The summed E-state index contributed by atoms with van der Waals surface area (Å²) in [5.74, 6) is -0.143. The second-order valence-corrected chi connectivity index (χ2v) is 12.7. The highest BCUT2D eigenvalue weighted by Gasteiger charge is 2.41. The average molecular weight is 545 g/mol. The molecule has 0 saturated heterocycles. The molecule has 0 amide bonds. The van der Waals surface area contributed by atoms with Gasteiger partial charge in [0.25, 0.3) is 0 Å². The number of methoxy groups -OCH3 is 1. The monoisotopic (exact) mass is 544 g/mol. The fraction of sp³-hybridized carbons (Fsp3) is 0.370. The number of thiophene rings is 1. The maximum Gasteiger partial charge on any atom is 0.338 e. The summed E-state index contributed by atoms with van der Waals surface area (Å²) in [5, 5.41) is 2.13. The number of fused-ring (bicyclic) bond motifs is 1. The summed E-state index contributed by atoms with van der Waals surface area (Å²) in [6, 6.07) is 14.8. The molecule has 1 atom stereocenters. The first-order valence-electron chi connectivity index (χ1n) is 12.1. The maximum absolute atomic E-state index is 14.1. The average Bonchev–Trinajstić information content (AvgIpc) is 3.36. The predicted octanol–water partition coefficient (Wildman–Crippen LogP) is 6.58. The quantitative estimate of drug-likeness (QED) is 0.347. The van der Waals surface area contributed by atoms with Crippen LogP contribution in [0.1, 0.15) is 42.5 Å². The first-order chi connectivity index (χ1) is 17.3. The van der Waals surface area contributed by atoms with Crippen LogP contribution < -0.4 is 4.90 Å². The van der Waals surface area contributed by atoms with Gasteiger partial charge in [0.05, 0.1) is 23.4 Å². The number of rotatable bonds is 4. The molecular formula is C27H29ClN2O4S2. The van der Waals surface area contributed by atoms with Crippen LogP contribution in [0.25, 0.3) is 10.4 Å². The van der Waals surface area contributed by atoms with Gasteiger partial charge in [-0.1, -0.05) is 49.1 Å². The molecule has 5 rings (SSSR count). The number of esters is 1. The lowest BCUT2D eigenvalue weighted by Gasteiger charge is -2.36. The standard InChI is InChI=1S/C27H29ClN2O4S2/c1-29-24(18-9-5-3-6-10-18)16-30(20-11-7-4-8-12-20)23-15-22(28)21(14-26(23)36(29,32)33)25-13-19(17-35-25)27(31)34-2/h4,7-8,11-15,17-18,24H,3,5-6,9-10,16H2,1-2H3/t24-/m0/s1. The van der Waals surface area contributed by atoms with Crippen molar-refractivity contribution >= 4 is 50.3 Å². The van der Waals surface area contributed by atoms with Gasteiger partial charge in [0.1, 0.15) is 4.90 Å². The lowest BCUT2D eigenvalue weighted by Crippen LogP contribution is -2.46. The molecule has 0 unspecified atom stereocenters. The molecule has 3 aromatic rings. The van der Waals surface area contributed by atoms with Crippen molar-refractivity contribution in [3.05, 3.63) is 64.5 Å². The lowest BCUT2D eigenvalue weighted by molar-refractivity contribution is 0.0601. The molecule has 36 heavy (non-hydrogen) atoms. The van der Waals surface area contributed by atoms with Crippen LogP contribution in [0, 0.1) is 5.92 Å². The number of para-hydroxylation sites is 1. The number of likely N-dealkylation sites (N-methyl/N-ethyl adjacent to an activating group) is 1. The third kappa shape index (κ3) is 4.56. The van der Waals surface area contributed by atoms with E-state index in [9.17, 15) is 13.2 Å². The Morgan fingerprint density at radius 3 is 2.50 bits per heavy atom. The number of anilines is 2. The minimum atomic E-state index is -3.81. The van der Waals surface area contributed by atoms with Crippen LogP contribution in [0.2, 0.25) is 5.02 Å². The first-order valence-corrected chi connectivity index (χ1v) is 14.8. The van der Waals surface area contributed by atoms with Gasteiger partial charge < -0.3 is 9.64 Å². The van der Waals surface area contributed by atoms with Gasteiger partial charge in [-0.15, -0.1) is 11.3 Å². The minimum Gasteiger partial charge on any atom is -0.465 e. The summed E-state index contributed by atoms with van der Waals surface area (Å²) in [5.41, 5.74) is 2.49. The van der Waals surface area contributed by atoms with Crippen LogP contribution >= 0.6 is 22.9 Å². The van der Waals surface area contributed by atoms with E-state index in [0.717, 1.165) is 31.4 Å². The maximum atomic E-state index is 14.1. The Hall–Kier alpha value is -2.39. The molecule has 1 aromatic heterocycles. The van der Waals surface area contributed by atoms with E-state index in [2.05, 4.69) is 4.90 Å². The zero-order chi connectivity index (χ0) is 25.4. The Morgan fingerprint density at radius 2 is 1.81 bits per heavy atom. The molecule has 0 radical (unpaired) electrons. The number of benzene rings is 2. The Bertz CT molecular complexity index is 1370. The molecule has 0 N–H and O–H groups in total. The first kappa shape index (κ1) is 25.3. The number of hydrogen-bond donors (Lipinski definition) is 0. The third-order valence-electron chi connectivity index (χ3n) is 7.38. The van der Waals surface area contributed by atoms with Crippen molar-refractivity contribution in [2.75, 3.05) is 25.6 Å². The van der Waals surface area contributed by atoms with E-state index in [1.807, 2.05) is 30.3 Å². The number of ether oxygens (including phenoxy) is 1. The van der Waals surface area contributed by atoms with E-state index in [0.29, 0.717) is 39.2 Å². The van der Waals surface area contributed by atoms with Gasteiger partial charge in [-0.25, -0.2) is 13.2 Å². The molecule has 2 heterocycles. The van der Waals surface area contributed by atoms with Crippen molar-refractivity contribution < 1.29 is 17.9 Å². The molecule has 1 fully saturated rings. The molecular weight excluding hydrogens is 516 g/mol. The van der Waals surface area contributed by atoms with E-state index in [-0.39, 0.29) is 10.9 Å². The van der Waals surface area contributed by atoms with Crippen LogP contribution in [-0.4, -0.2) is 45.4 Å². The number of nitrogens with zero attached hydrogens (tertiary/aromatic N) is 2. The highest BCUT2D eigenvalue weighted by molar-refractivity contribution is 7.89. The Kier molecular flexibility index (Phi) is 7.14. The molecule has 190 valence electrons. The second kappa shape index (κ2) is 10.2. The summed E-state index contributed by atoms with van der Waals surface area (Å²) in [4.78, 5) is 15.0. The zero-order valence-corrected chi connectivity index (χ0v) is 22.7. The highest BCUT2D eigenvalue weighted by atomic mass is 35.5. The third-order valence-corrected chi connectivity index (χ3v) is 10.6. The number of carbonyl (C=O) groups is 1.